The lowest BCUT2D eigenvalue weighted by molar-refractivity contribution is -0.113. The topological polar surface area (TPSA) is 137 Å². The zero-order valence-electron chi connectivity index (χ0n) is 22.8. The number of carbonyl (C=O) groups is 1. The van der Waals surface area contributed by atoms with E-state index in [-0.39, 0.29) is 11.9 Å². The third-order valence-electron chi connectivity index (χ3n) is 7.91. The molecule has 0 radical (unpaired) electrons. The minimum atomic E-state index is -0.305. The van der Waals surface area contributed by atoms with Gasteiger partial charge >= 0.3 is 0 Å². The Balaban J connectivity index is 1.27. The number of likely N-dealkylation sites (N-methyl/N-ethyl adjacent to an activating group) is 1. The number of hydrogen-bond donors (Lipinski definition) is 2. The van der Waals surface area contributed by atoms with E-state index in [0.29, 0.717) is 28.9 Å². The first kappa shape index (κ1) is 24.9. The molecule has 0 spiro atoms. The standard InChI is InChI=1S/C26H32N12O/c1-6-36-9-10-37(13-15(36)2)22-12-21(27-14-28-22)24-19-11-18(7-8-20(19)30-31-24)29-25(39)23-16(3)35(5)26-32-33-34-38(26)17(23)4/h7-8,11-12,14-15,17H,6,9-10,13H2,1-5H3,(H,29,39)(H,30,31)/t15-,17?/m0/s1. The average Bonchev–Trinajstić information content (AvgIpc) is 3.60. The fourth-order valence-corrected chi connectivity index (χ4v) is 5.58. The molecule has 2 N–H and O–H groups in total. The van der Waals surface area contributed by atoms with E-state index >= 15 is 0 Å². The number of H-pyrrole nitrogens is 1. The monoisotopic (exact) mass is 528 g/mol. The van der Waals surface area contributed by atoms with Crippen molar-refractivity contribution in [1.82, 2.24) is 45.3 Å². The summed E-state index contributed by atoms with van der Waals surface area (Å²) in [5.41, 5.74) is 4.36. The van der Waals surface area contributed by atoms with Crippen molar-refractivity contribution in [2.75, 3.05) is 48.3 Å². The van der Waals surface area contributed by atoms with Gasteiger partial charge in [-0.15, -0.1) is 0 Å². The van der Waals surface area contributed by atoms with Gasteiger partial charge in [-0.1, -0.05) is 12.0 Å². The fourth-order valence-electron chi connectivity index (χ4n) is 5.58. The molecule has 1 fully saturated rings. The maximum absolute atomic E-state index is 13.5. The van der Waals surface area contributed by atoms with E-state index in [2.05, 4.69) is 64.7 Å². The van der Waals surface area contributed by atoms with Crippen LogP contribution in [0.15, 0.2) is 41.9 Å². The Hall–Kier alpha value is -4.39. The van der Waals surface area contributed by atoms with Crippen molar-refractivity contribution in [3.05, 3.63) is 41.9 Å². The van der Waals surface area contributed by atoms with Crippen LogP contribution in [0.4, 0.5) is 17.5 Å². The first-order chi connectivity index (χ1) is 18.9. The van der Waals surface area contributed by atoms with Gasteiger partial charge in [-0.25, -0.2) is 14.6 Å². The zero-order chi connectivity index (χ0) is 27.3. The summed E-state index contributed by atoms with van der Waals surface area (Å²) in [6.07, 6.45) is 1.59. The fraction of sp³-hybridized carbons (Fsp3) is 0.423. The number of nitrogens with zero attached hydrogens (tertiary/aromatic N) is 10. The Morgan fingerprint density at radius 3 is 2.82 bits per heavy atom. The molecule has 13 heteroatoms. The van der Waals surface area contributed by atoms with Crippen LogP contribution in [-0.4, -0.2) is 90.4 Å². The van der Waals surface area contributed by atoms with Gasteiger partial charge in [0, 0.05) is 55.6 Å². The Kier molecular flexibility index (Phi) is 6.22. The summed E-state index contributed by atoms with van der Waals surface area (Å²) in [6.45, 7) is 12.1. The third kappa shape index (κ3) is 4.28. The Bertz CT molecular complexity index is 1570. The summed E-state index contributed by atoms with van der Waals surface area (Å²) < 4.78 is 1.65. The van der Waals surface area contributed by atoms with Gasteiger partial charge in [-0.05, 0) is 55.9 Å². The summed E-state index contributed by atoms with van der Waals surface area (Å²) >= 11 is 0. The van der Waals surface area contributed by atoms with Gasteiger partial charge in [0.2, 0.25) is 5.95 Å². The predicted molar refractivity (Wildman–Crippen MR) is 148 cm³/mol. The molecule has 6 rings (SSSR count). The number of nitrogens with one attached hydrogen (secondary N) is 2. The summed E-state index contributed by atoms with van der Waals surface area (Å²) in [5, 5.41) is 23.5. The molecule has 0 bridgehead atoms. The van der Waals surface area contributed by atoms with Crippen molar-refractivity contribution in [3.8, 4) is 11.4 Å². The largest absolute Gasteiger partial charge is 0.354 e. The molecule has 5 heterocycles. The lowest BCUT2D eigenvalue weighted by atomic mass is 10.0. The maximum atomic E-state index is 13.5. The number of benzene rings is 1. The van der Waals surface area contributed by atoms with Gasteiger partial charge in [-0.3, -0.25) is 14.8 Å². The molecule has 3 aromatic heterocycles. The van der Waals surface area contributed by atoms with Crippen LogP contribution < -0.4 is 15.1 Å². The number of hydrogen-bond acceptors (Lipinski definition) is 10. The predicted octanol–water partition coefficient (Wildman–Crippen LogP) is 2.46. The van der Waals surface area contributed by atoms with Gasteiger partial charge < -0.3 is 15.1 Å². The minimum absolute atomic E-state index is 0.206. The number of tetrazole rings is 1. The van der Waals surface area contributed by atoms with Crippen LogP contribution in [0, 0.1) is 0 Å². The number of aromatic amines is 1. The molecule has 1 unspecified atom stereocenters. The SMILES string of the molecule is CCN1CCN(c2cc(-c3n[nH]c4ccc(NC(=O)C5=C(C)N(C)c6nnnn6C5C)cc34)ncn2)C[C@@H]1C. The van der Waals surface area contributed by atoms with Gasteiger partial charge in [0.15, 0.2) is 0 Å². The number of allylic oxidation sites excluding steroid dienone is 1. The van der Waals surface area contributed by atoms with Gasteiger partial charge in [0.05, 0.1) is 22.8 Å². The molecule has 1 saturated heterocycles. The summed E-state index contributed by atoms with van der Waals surface area (Å²) in [7, 11) is 1.85. The highest BCUT2D eigenvalue weighted by Gasteiger charge is 2.32. The number of anilines is 3. The molecule has 1 aromatic carbocycles. The molecule has 4 aromatic rings. The van der Waals surface area contributed by atoms with Crippen molar-refractivity contribution in [2.45, 2.75) is 39.8 Å². The van der Waals surface area contributed by atoms with Crippen LogP contribution in [0.5, 0.6) is 0 Å². The molecular weight excluding hydrogens is 496 g/mol. The lowest BCUT2D eigenvalue weighted by Gasteiger charge is -2.39. The molecule has 202 valence electrons. The summed E-state index contributed by atoms with van der Waals surface area (Å²) in [4.78, 5) is 29.1. The van der Waals surface area contributed by atoms with E-state index in [1.807, 2.05) is 50.1 Å². The van der Waals surface area contributed by atoms with Crippen molar-refractivity contribution in [2.24, 2.45) is 0 Å². The molecule has 1 amide bonds. The van der Waals surface area contributed by atoms with Crippen LogP contribution in [0.1, 0.15) is 33.7 Å². The second kappa shape index (κ2) is 9.73. The van der Waals surface area contributed by atoms with E-state index in [0.717, 1.165) is 54.3 Å². The number of fused-ring (bicyclic) bond motifs is 2. The summed E-state index contributed by atoms with van der Waals surface area (Å²) in [5.74, 6) is 1.29. The molecule has 2 aliphatic rings. The number of rotatable bonds is 5. The number of piperazine rings is 1. The second-order valence-electron chi connectivity index (χ2n) is 10.1. The van der Waals surface area contributed by atoms with Gasteiger partial charge in [0.25, 0.3) is 5.91 Å². The summed E-state index contributed by atoms with van der Waals surface area (Å²) in [6, 6.07) is 7.83. The van der Waals surface area contributed by atoms with Crippen LogP contribution in [0.3, 0.4) is 0 Å². The molecule has 0 saturated carbocycles. The first-order valence-corrected chi connectivity index (χ1v) is 13.2. The second-order valence-corrected chi connectivity index (χ2v) is 10.1. The normalized spacial score (nSPS) is 20.0. The Morgan fingerprint density at radius 2 is 2.03 bits per heavy atom. The smallest absolute Gasteiger partial charge is 0.255 e. The highest BCUT2D eigenvalue weighted by molar-refractivity contribution is 6.07. The average molecular weight is 529 g/mol. The zero-order valence-corrected chi connectivity index (χ0v) is 22.8. The quantitative estimate of drug-likeness (QED) is 0.397. The Morgan fingerprint density at radius 1 is 1.18 bits per heavy atom. The lowest BCUT2D eigenvalue weighted by Crippen LogP contribution is -2.52. The van der Waals surface area contributed by atoms with Gasteiger partial charge in [-0.2, -0.15) is 5.10 Å². The molecular formula is C26H32N12O. The molecule has 2 aliphatic heterocycles. The van der Waals surface area contributed by atoms with Gasteiger partial charge in [0.1, 0.15) is 17.8 Å². The van der Waals surface area contributed by atoms with Crippen molar-refractivity contribution in [1.29, 1.82) is 0 Å². The number of carbonyl (C=O) groups excluding carboxylic acids is 1. The number of aromatic nitrogens is 8. The van der Waals surface area contributed by atoms with Crippen LogP contribution in [0.25, 0.3) is 22.3 Å². The van der Waals surface area contributed by atoms with E-state index in [1.54, 1.807) is 11.0 Å². The van der Waals surface area contributed by atoms with Crippen molar-refractivity contribution < 1.29 is 4.79 Å². The van der Waals surface area contributed by atoms with E-state index in [1.165, 1.54) is 0 Å². The number of amides is 1. The molecule has 39 heavy (non-hydrogen) atoms. The van der Waals surface area contributed by atoms with E-state index in [9.17, 15) is 4.79 Å². The molecule has 13 nitrogen and oxygen atoms in total. The highest BCUT2D eigenvalue weighted by atomic mass is 16.1. The third-order valence-corrected chi connectivity index (χ3v) is 7.91. The van der Waals surface area contributed by atoms with Crippen molar-refractivity contribution in [3.63, 3.8) is 0 Å². The Labute approximate surface area is 225 Å². The van der Waals surface area contributed by atoms with Crippen LogP contribution in [-0.2, 0) is 4.79 Å². The minimum Gasteiger partial charge on any atom is -0.354 e. The molecule has 0 aliphatic carbocycles. The first-order valence-electron chi connectivity index (χ1n) is 13.2. The van der Waals surface area contributed by atoms with Crippen LogP contribution in [0.2, 0.25) is 0 Å². The van der Waals surface area contributed by atoms with Crippen LogP contribution >= 0.6 is 0 Å². The van der Waals surface area contributed by atoms with Crippen molar-refractivity contribution >= 4 is 34.3 Å². The highest BCUT2D eigenvalue weighted by Crippen LogP contribution is 2.33. The van der Waals surface area contributed by atoms with E-state index < -0.39 is 0 Å². The van der Waals surface area contributed by atoms with E-state index in [4.69, 9.17) is 0 Å². The maximum Gasteiger partial charge on any atom is 0.255 e. The molecule has 2 atom stereocenters.